The largest absolute Gasteiger partial charge is 0.478 e. The average molecular weight is 359 g/mol. The van der Waals surface area contributed by atoms with Crippen molar-refractivity contribution in [3.63, 3.8) is 0 Å². The van der Waals surface area contributed by atoms with Crippen molar-refractivity contribution in [2.24, 2.45) is 0 Å². The van der Waals surface area contributed by atoms with Gasteiger partial charge in [-0.05, 0) is 41.3 Å². The van der Waals surface area contributed by atoms with Crippen molar-refractivity contribution in [1.29, 1.82) is 0 Å². The first-order valence-corrected chi connectivity index (χ1v) is 8.11. The molecule has 0 unspecified atom stereocenters. The Hall–Kier alpha value is -3.93. The minimum Gasteiger partial charge on any atom is -0.478 e. The molecule has 27 heavy (non-hydrogen) atoms. The van der Waals surface area contributed by atoms with Crippen molar-refractivity contribution in [1.82, 2.24) is 0 Å². The van der Waals surface area contributed by atoms with Gasteiger partial charge in [0, 0.05) is 11.1 Å². The van der Waals surface area contributed by atoms with Crippen LogP contribution in [0.4, 0.5) is 11.4 Å². The monoisotopic (exact) mass is 359 g/mol. The lowest BCUT2D eigenvalue weighted by Crippen LogP contribution is -2.10. The number of benzene rings is 3. The first-order chi connectivity index (χ1) is 13.0. The highest BCUT2D eigenvalue weighted by molar-refractivity contribution is 6.23. The summed E-state index contributed by atoms with van der Waals surface area (Å²) in [4.78, 5) is 35.1. The quantitative estimate of drug-likeness (QED) is 0.645. The molecule has 0 aromatic heterocycles. The molecule has 0 saturated carbocycles. The van der Waals surface area contributed by atoms with Gasteiger partial charge in [-0.2, -0.15) is 0 Å². The summed E-state index contributed by atoms with van der Waals surface area (Å²) in [5, 5.41) is 23.2. The van der Waals surface area contributed by atoms with Crippen LogP contribution in [-0.4, -0.2) is 27.9 Å². The number of carboxylic acid groups (broad SMARTS) is 2. The van der Waals surface area contributed by atoms with Crippen molar-refractivity contribution in [2.75, 3.05) is 5.32 Å². The SMILES string of the molecule is O=C(O)c1ccc(Nc2ccc3cccc4c3c2C(=O)C=C4)cc1C(=O)O. The number of carbonyl (C=O) groups is 3. The lowest BCUT2D eigenvalue weighted by molar-refractivity contribution is 0.0651. The molecule has 0 heterocycles. The molecule has 3 N–H and O–H groups in total. The Labute approximate surface area is 153 Å². The van der Waals surface area contributed by atoms with E-state index in [-0.39, 0.29) is 16.9 Å². The topological polar surface area (TPSA) is 104 Å². The summed E-state index contributed by atoms with van der Waals surface area (Å²) in [5.74, 6) is -2.80. The smallest absolute Gasteiger partial charge is 0.336 e. The molecule has 132 valence electrons. The van der Waals surface area contributed by atoms with Crippen LogP contribution in [0.1, 0.15) is 36.6 Å². The van der Waals surface area contributed by atoms with Crippen molar-refractivity contribution in [3.05, 3.63) is 76.9 Å². The Morgan fingerprint density at radius 1 is 0.852 bits per heavy atom. The highest BCUT2D eigenvalue weighted by Gasteiger charge is 2.20. The van der Waals surface area contributed by atoms with E-state index in [4.69, 9.17) is 5.11 Å². The molecule has 3 aromatic carbocycles. The number of aromatic carboxylic acids is 2. The maximum Gasteiger partial charge on any atom is 0.336 e. The molecular weight excluding hydrogens is 346 g/mol. The van der Waals surface area contributed by atoms with E-state index in [2.05, 4.69) is 5.32 Å². The van der Waals surface area contributed by atoms with E-state index in [1.54, 1.807) is 12.1 Å². The van der Waals surface area contributed by atoms with Crippen LogP contribution < -0.4 is 5.32 Å². The van der Waals surface area contributed by atoms with E-state index in [1.807, 2.05) is 24.3 Å². The second-order valence-corrected chi connectivity index (χ2v) is 6.13. The third kappa shape index (κ3) is 2.73. The minimum absolute atomic E-state index is 0.151. The summed E-state index contributed by atoms with van der Waals surface area (Å²) in [7, 11) is 0. The van der Waals surface area contributed by atoms with Crippen LogP contribution in [0.15, 0.2) is 54.6 Å². The molecule has 0 saturated heterocycles. The number of anilines is 2. The Morgan fingerprint density at radius 2 is 1.63 bits per heavy atom. The molecular formula is C21H13NO5. The van der Waals surface area contributed by atoms with Gasteiger partial charge in [-0.1, -0.05) is 30.3 Å². The van der Waals surface area contributed by atoms with Gasteiger partial charge in [0.2, 0.25) is 0 Å². The summed E-state index contributed by atoms with van der Waals surface area (Å²) in [5.41, 5.74) is 1.72. The molecule has 0 fully saturated rings. The molecule has 3 aromatic rings. The van der Waals surface area contributed by atoms with Crippen LogP contribution in [0.3, 0.4) is 0 Å². The molecule has 0 radical (unpaired) electrons. The van der Waals surface area contributed by atoms with E-state index in [1.165, 1.54) is 24.3 Å². The third-order valence-corrected chi connectivity index (χ3v) is 4.50. The Balaban J connectivity index is 1.84. The van der Waals surface area contributed by atoms with Gasteiger partial charge in [0.25, 0.3) is 0 Å². The summed E-state index contributed by atoms with van der Waals surface area (Å²) in [6, 6.07) is 13.3. The zero-order valence-corrected chi connectivity index (χ0v) is 13.9. The number of hydrogen-bond acceptors (Lipinski definition) is 4. The lowest BCUT2D eigenvalue weighted by Gasteiger charge is -2.17. The maximum absolute atomic E-state index is 12.5. The van der Waals surface area contributed by atoms with E-state index in [0.29, 0.717) is 16.9 Å². The Kier molecular flexibility index (Phi) is 3.74. The van der Waals surface area contributed by atoms with E-state index >= 15 is 0 Å². The van der Waals surface area contributed by atoms with Crippen LogP contribution in [0.5, 0.6) is 0 Å². The lowest BCUT2D eigenvalue weighted by atomic mass is 9.91. The standard InChI is InChI=1S/C21H13NO5/c23-17-9-5-12-3-1-2-11-4-8-16(19(17)18(11)12)22-13-6-7-14(20(24)25)15(10-13)21(26)27/h1-10,22H,(H,24,25)(H,26,27). The predicted molar refractivity (Wildman–Crippen MR) is 101 cm³/mol. The second kappa shape index (κ2) is 6.10. The van der Waals surface area contributed by atoms with Gasteiger partial charge < -0.3 is 15.5 Å². The molecule has 0 spiro atoms. The van der Waals surface area contributed by atoms with Crippen LogP contribution in [0.2, 0.25) is 0 Å². The van der Waals surface area contributed by atoms with Crippen molar-refractivity contribution >= 4 is 45.9 Å². The first kappa shape index (κ1) is 16.5. The van der Waals surface area contributed by atoms with Gasteiger partial charge in [-0.25, -0.2) is 9.59 Å². The van der Waals surface area contributed by atoms with Crippen molar-refractivity contribution < 1.29 is 24.6 Å². The Bertz CT molecular complexity index is 1180. The van der Waals surface area contributed by atoms with Crippen molar-refractivity contribution in [2.45, 2.75) is 0 Å². The van der Waals surface area contributed by atoms with Crippen molar-refractivity contribution in [3.8, 4) is 0 Å². The Morgan fingerprint density at radius 3 is 2.37 bits per heavy atom. The highest BCUT2D eigenvalue weighted by Crippen LogP contribution is 2.35. The number of nitrogens with one attached hydrogen (secondary N) is 1. The number of carbonyl (C=O) groups excluding carboxylic acids is 1. The molecule has 4 rings (SSSR count). The molecule has 0 aliphatic heterocycles. The summed E-state index contributed by atoms with van der Waals surface area (Å²) in [6.45, 7) is 0. The summed E-state index contributed by atoms with van der Waals surface area (Å²) < 4.78 is 0. The third-order valence-electron chi connectivity index (χ3n) is 4.50. The van der Waals surface area contributed by atoms with Crippen LogP contribution in [-0.2, 0) is 0 Å². The number of ketones is 1. The molecule has 6 nitrogen and oxygen atoms in total. The maximum atomic E-state index is 12.5. The average Bonchev–Trinajstić information content (AvgIpc) is 2.65. The molecule has 1 aliphatic carbocycles. The molecule has 0 bridgehead atoms. The van der Waals surface area contributed by atoms with E-state index in [0.717, 1.165) is 16.3 Å². The number of hydrogen-bond donors (Lipinski definition) is 3. The molecule has 0 atom stereocenters. The first-order valence-electron chi connectivity index (χ1n) is 8.11. The number of rotatable bonds is 4. The fourth-order valence-corrected chi connectivity index (χ4v) is 3.30. The predicted octanol–water partition coefficient (Wildman–Crippen LogP) is 4.19. The zero-order valence-electron chi connectivity index (χ0n) is 13.9. The fraction of sp³-hybridized carbons (Fsp3) is 0. The molecule has 0 amide bonds. The van der Waals surface area contributed by atoms with Gasteiger partial charge in [-0.15, -0.1) is 0 Å². The van der Waals surface area contributed by atoms with Gasteiger partial charge in [0.15, 0.2) is 5.78 Å². The summed E-state index contributed by atoms with van der Waals surface area (Å²) >= 11 is 0. The van der Waals surface area contributed by atoms with Gasteiger partial charge in [0.1, 0.15) is 0 Å². The van der Waals surface area contributed by atoms with E-state index < -0.39 is 11.9 Å². The molecule has 6 heteroatoms. The molecule has 1 aliphatic rings. The highest BCUT2D eigenvalue weighted by atomic mass is 16.4. The van der Waals surface area contributed by atoms with Crippen LogP contribution >= 0.6 is 0 Å². The second-order valence-electron chi connectivity index (χ2n) is 6.13. The number of allylic oxidation sites excluding steroid dienone is 1. The van der Waals surface area contributed by atoms with Gasteiger partial charge in [0.05, 0.1) is 22.4 Å². The van der Waals surface area contributed by atoms with Crippen LogP contribution in [0, 0.1) is 0 Å². The van der Waals surface area contributed by atoms with Gasteiger partial charge in [-0.3, -0.25) is 4.79 Å². The normalized spacial score (nSPS) is 12.2. The summed E-state index contributed by atoms with van der Waals surface area (Å²) in [6.07, 6.45) is 3.27. The van der Waals surface area contributed by atoms with Gasteiger partial charge >= 0.3 is 11.9 Å². The minimum atomic E-state index is -1.34. The zero-order chi connectivity index (χ0) is 19.1. The number of carboxylic acids is 2. The van der Waals surface area contributed by atoms with Crippen LogP contribution in [0.25, 0.3) is 16.8 Å². The fourth-order valence-electron chi connectivity index (χ4n) is 3.30. The van der Waals surface area contributed by atoms with E-state index in [9.17, 15) is 19.5 Å².